The summed E-state index contributed by atoms with van der Waals surface area (Å²) < 4.78 is 0. The first-order valence-corrected chi connectivity index (χ1v) is 10.1. The van der Waals surface area contributed by atoms with Crippen LogP contribution >= 0.6 is 0 Å². The molecule has 1 heterocycles. The van der Waals surface area contributed by atoms with Crippen LogP contribution in [0.4, 0.5) is 17.8 Å². The zero-order chi connectivity index (χ0) is 19.6. The lowest BCUT2D eigenvalue weighted by atomic mass is 10.2. The zero-order valence-corrected chi connectivity index (χ0v) is 16.3. The fourth-order valence-electron chi connectivity index (χ4n) is 2.45. The van der Waals surface area contributed by atoms with Crippen LogP contribution in [-0.4, -0.2) is 69.7 Å². The largest absolute Gasteiger partial charge is 0.396 e. The van der Waals surface area contributed by atoms with E-state index < -0.39 is 0 Å². The van der Waals surface area contributed by atoms with E-state index in [0.717, 1.165) is 77.4 Å². The minimum absolute atomic E-state index is 0.223. The molecule has 0 aliphatic heterocycles. The van der Waals surface area contributed by atoms with Gasteiger partial charge in [-0.1, -0.05) is 0 Å². The van der Waals surface area contributed by atoms with Gasteiger partial charge in [0.15, 0.2) is 0 Å². The summed E-state index contributed by atoms with van der Waals surface area (Å²) in [6.45, 7) is 2.91. The van der Waals surface area contributed by atoms with Crippen LogP contribution in [0.25, 0.3) is 0 Å². The molecule has 0 saturated carbocycles. The Morgan fingerprint density at radius 1 is 0.444 bits per heavy atom. The van der Waals surface area contributed by atoms with Crippen molar-refractivity contribution in [2.75, 3.05) is 55.4 Å². The van der Waals surface area contributed by atoms with Crippen LogP contribution in [-0.2, 0) is 0 Å². The van der Waals surface area contributed by atoms with Crippen molar-refractivity contribution in [3.8, 4) is 0 Å². The Balaban J connectivity index is 2.52. The minimum atomic E-state index is 0.223. The van der Waals surface area contributed by atoms with E-state index >= 15 is 0 Å². The molecule has 0 aliphatic rings. The summed E-state index contributed by atoms with van der Waals surface area (Å²) in [5.74, 6) is 1.60. The molecule has 0 amide bonds. The lowest BCUT2D eigenvalue weighted by molar-refractivity contribution is 0.283. The monoisotopic (exact) mass is 384 g/mol. The van der Waals surface area contributed by atoms with Gasteiger partial charge in [-0.3, -0.25) is 0 Å². The van der Waals surface area contributed by atoms with E-state index in [-0.39, 0.29) is 19.8 Å². The quantitative estimate of drug-likeness (QED) is 0.209. The number of aromatic nitrogens is 3. The fourth-order valence-corrected chi connectivity index (χ4v) is 2.45. The molecule has 0 atom stereocenters. The van der Waals surface area contributed by atoms with E-state index in [1.54, 1.807) is 0 Å². The van der Waals surface area contributed by atoms with E-state index in [1.807, 2.05) is 0 Å². The predicted molar refractivity (Wildman–Crippen MR) is 108 cm³/mol. The van der Waals surface area contributed by atoms with Crippen molar-refractivity contribution in [2.45, 2.75) is 57.8 Å². The van der Waals surface area contributed by atoms with Crippen LogP contribution in [0.5, 0.6) is 0 Å². The third-order valence-corrected chi connectivity index (χ3v) is 3.99. The average molecular weight is 385 g/mol. The first-order chi connectivity index (χ1) is 13.3. The molecule has 156 valence electrons. The van der Waals surface area contributed by atoms with Crippen molar-refractivity contribution in [1.29, 1.82) is 0 Å². The van der Waals surface area contributed by atoms with Gasteiger partial charge in [0.2, 0.25) is 17.8 Å². The molecule has 0 unspecified atom stereocenters. The van der Waals surface area contributed by atoms with Gasteiger partial charge in [-0.15, -0.1) is 0 Å². The summed E-state index contributed by atoms with van der Waals surface area (Å²) in [5.41, 5.74) is 0. The fraction of sp³-hybridized carbons (Fsp3) is 0.833. The Bertz CT molecular complexity index is 399. The van der Waals surface area contributed by atoms with Crippen molar-refractivity contribution in [3.63, 3.8) is 0 Å². The first kappa shape index (κ1) is 23.3. The molecule has 1 aromatic rings. The van der Waals surface area contributed by atoms with Crippen LogP contribution < -0.4 is 16.0 Å². The van der Waals surface area contributed by atoms with Gasteiger partial charge in [0.1, 0.15) is 0 Å². The van der Waals surface area contributed by atoms with Crippen LogP contribution in [0, 0.1) is 0 Å². The number of hydrogen-bond donors (Lipinski definition) is 6. The average Bonchev–Trinajstić information content (AvgIpc) is 2.67. The summed E-state index contributed by atoms with van der Waals surface area (Å²) in [6.07, 6.45) is 8.13. The normalized spacial score (nSPS) is 10.8. The van der Waals surface area contributed by atoms with E-state index in [4.69, 9.17) is 15.3 Å². The highest BCUT2D eigenvalue weighted by atomic mass is 16.3. The molecule has 0 fully saturated rings. The molecule has 0 radical (unpaired) electrons. The molecule has 1 rings (SSSR count). The number of aliphatic hydroxyl groups is 3. The maximum atomic E-state index is 8.83. The Morgan fingerprint density at radius 3 is 1.00 bits per heavy atom. The summed E-state index contributed by atoms with van der Waals surface area (Å²) in [6, 6.07) is 0. The molecular weight excluding hydrogens is 348 g/mol. The lowest BCUT2D eigenvalue weighted by Crippen LogP contribution is -2.14. The molecule has 9 nitrogen and oxygen atoms in total. The second kappa shape index (κ2) is 16.5. The highest BCUT2D eigenvalue weighted by Gasteiger charge is 2.06. The Morgan fingerprint density at radius 2 is 0.741 bits per heavy atom. The lowest BCUT2D eigenvalue weighted by Gasteiger charge is -2.11. The van der Waals surface area contributed by atoms with Gasteiger partial charge >= 0.3 is 0 Å². The highest BCUT2D eigenvalue weighted by molar-refractivity contribution is 5.42. The van der Waals surface area contributed by atoms with E-state index in [1.165, 1.54) is 0 Å². The van der Waals surface area contributed by atoms with Crippen molar-refractivity contribution in [2.24, 2.45) is 0 Å². The molecule has 0 spiro atoms. The molecule has 27 heavy (non-hydrogen) atoms. The van der Waals surface area contributed by atoms with Gasteiger partial charge in [0.05, 0.1) is 0 Å². The molecule has 9 heteroatoms. The SMILES string of the molecule is OCCCCCNc1nc(NCCCCCO)nc(NCCCCCO)n1. The van der Waals surface area contributed by atoms with Crippen LogP contribution in [0.3, 0.4) is 0 Å². The predicted octanol–water partition coefficient (Wildman–Crippen LogP) is 1.60. The van der Waals surface area contributed by atoms with Crippen molar-refractivity contribution >= 4 is 17.8 Å². The number of anilines is 3. The second-order valence-corrected chi connectivity index (χ2v) is 6.44. The second-order valence-electron chi connectivity index (χ2n) is 6.44. The molecule has 1 aromatic heterocycles. The smallest absolute Gasteiger partial charge is 0.229 e. The maximum absolute atomic E-state index is 8.83. The Hall–Kier alpha value is -1.71. The third kappa shape index (κ3) is 12.3. The molecule has 0 aromatic carbocycles. The van der Waals surface area contributed by atoms with Crippen molar-refractivity contribution < 1.29 is 15.3 Å². The van der Waals surface area contributed by atoms with Gasteiger partial charge in [0.25, 0.3) is 0 Å². The van der Waals surface area contributed by atoms with Crippen molar-refractivity contribution in [1.82, 2.24) is 15.0 Å². The molecule has 6 N–H and O–H groups in total. The van der Waals surface area contributed by atoms with Gasteiger partial charge in [0, 0.05) is 39.5 Å². The topological polar surface area (TPSA) is 135 Å². The van der Waals surface area contributed by atoms with E-state index in [0.29, 0.717) is 17.8 Å². The van der Waals surface area contributed by atoms with Gasteiger partial charge in [-0.25, -0.2) is 0 Å². The Labute approximate surface area is 162 Å². The molecule has 0 aliphatic carbocycles. The first-order valence-electron chi connectivity index (χ1n) is 10.1. The summed E-state index contributed by atoms with van der Waals surface area (Å²) >= 11 is 0. The number of aliphatic hydroxyl groups excluding tert-OH is 3. The molecular formula is C18H36N6O3. The molecule has 0 bridgehead atoms. The van der Waals surface area contributed by atoms with Crippen LogP contribution in [0.1, 0.15) is 57.8 Å². The number of nitrogens with zero attached hydrogens (tertiary/aromatic N) is 3. The third-order valence-electron chi connectivity index (χ3n) is 3.99. The number of unbranched alkanes of at least 4 members (excludes halogenated alkanes) is 6. The molecule has 0 saturated heterocycles. The van der Waals surface area contributed by atoms with E-state index in [2.05, 4.69) is 30.9 Å². The van der Waals surface area contributed by atoms with Gasteiger partial charge < -0.3 is 31.3 Å². The van der Waals surface area contributed by atoms with Crippen LogP contribution in [0.2, 0.25) is 0 Å². The Kier molecular flexibility index (Phi) is 14.2. The maximum Gasteiger partial charge on any atom is 0.229 e. The number of hydrogen-bond acceptors (Lipinski definition) is 9. The van der Waals surface area contributed by atoms with Gasteiger partial charge in [-0.2, -0.15) is 15.0 Å². The summed E-state index contributed by atoms with van der Waals surface area (Å²) in [5, 5.41) is 36.1. The van der Waals surface area contributed by atoms with Crippen molar-refractivity contribution in [3.05, 3.63) is 0 Å². The summed E-state index contributed by atoms with van der Waals surface area (Å²) in [4.78, 5) is 13.2. The highest BCUT2D eigenvalue weighted by Crippen LogP contribution is 2.11. The van der Waals surface area contributed by atoms with Gasteiger partial charge in [-0.05, 0) is 57.8 Å². The number of rotatable bonds is 18. The zero-order valence-electron chi connectivity index (χ0n) is 16.3. The van der Waals surface area contributed by atoms with E-state index in [9.17, 15) is 0 Å². The minimum Gasteiger partial charge on any atom is -0.396 e. The summed E-state index contributed by atoms with van der Waals surface area (Å²) in [7, 11) is 0. The van der Waals surface area contributed by atoms with Crippen LogP contribution in [0.15, 0.2) is 0 Å². The standard InChI is InChI=1S/C18H36N6O3/c25-13-7-1-4-10-19-16-22-17(20-11-5-2-8-14-26)24-18(23-16)21-12-6-3-9-15-27/h25-27H,1-15H2,(H3,19,20,21,22,23,24). The number of nitrogens with one attached hydrogen (secondary N) is 3.